The van der Waals surface area contributed by atoms with E-state index >= 15 is 0 Å². The number of benzene rings is 2. The largest absolute Gasteiger partial charge is 0.332 e. The molecule has 4 heteroatoms. The Morgan fingerprint density at radius 1 is 1.05 bits per heavy atom. The van der Waals surface area contributed by atoms with Crippen LogP contribution in [0.5, 0.6) is 0 Å². The zero-order valence-electron chi connectivity index (χ0n) is 12.6. The van der Waals surface area contributed by atoms with Gasteiger partial charge in [0.2, 0.25) is 0 Å². The van der Waals surface area contributed by atoms with Crippen LogP contribution in [0.15, 0.2) is 60.8 Å². The Labute approximate surface area is 129 Å². The Morgan fingerprint density at radius 2 is 1.73 bits per heavy atom. The van der Waals surface area contributed by atoms with Gasteiger partial charge >= 0.3 is 0 Å². The van der Waals surface area contributed by atoms with Crippen molar-refractivity contribution in [3.05, 3.63) is 71.9 Å². The summed E-state index contributed by atoms with van der Waals surface area (Å²) < 4.78 is 1.91. The fourth-order valence-corrected chi connectivity index (χ4v) is 2.28. The molecule has 3 aromatic rings. The van der Waals surface area contributed by atoms with E-state index in [9.17, 15) is 4.79 Å². The fourth-order valence-electron chi connectivity index (χ4n) is 2.28. The lowest BCUT2D eigenvalue weighted by Crippen LogP contribution is -2.11. The van der Waals surface area contributed by atoms with E-state index in [-0.39, 0.29) is 5.91 Å². The quantitative estimate of drug-likeness (QED) is 0.800. The van der Waals surface area contributed by atoms with Crippen LogP contribution >= 0.6 is 0 Å². The second-order valence-electron chi connectivity index (χ2n) is 5.25. The first-order valence-corrected chi connectivity index (χ1v) is 7.10. The number of nitrogens with one attached hydrogen (secondary N) is 1. The second-order valence-corrected chi connectivity index (χ2v) is 5.25. The molecule has 2 aromatic carbocycles. The minimum absolute atomic E-state index is 0.158. The van der Waals surface area contributed by atoms with Gasteiger partial charge in [-0.2, -0.15) is 0 Å². The molecule has 1 aromatic heterocycles. The lowest BCUT2D eigenvalue weighted by Gasteiger charge is -2.01. The van der Waals surface area contributed by atoms with Crippen LogP contribution in [0.25, 0.3) is 11.4 Å². The van der Waals surface area contributed by atoms with Crippen LogP contribution in [-0.2, 0) is 7.05 Å². The predicted molar refractivity (Wildman–Crippen MR) is 87.8 cm³/mol. The third-order valence-corrected chi connectivity index (χ3v) is 3.46. The third kappa shape index (κ3) is 2.91. The van der Waals surface area contributed by atoms with E-state index in [1.54, 1.807) is 12.1 Å². The number of hydrogen-bond acceptors (Lipinski definition) is 2. The Kier molecular flexibility index (Phi) is 3.74. The van der Waals surface area contributed by atoms with E-state index in [2.05, 4.69) is 10.3 Å². The Morgan fingerprint density at radius 3 is 2.41 bits per heavy atom. The number of aromatic nitrogens is 2. The van der Waals surface area contributed by atoms with Crippen molar-refractivity contribution in [1.29, 1.82) is 0 Å². The van der Waals surface area contributed by atoms with Gasteiger partial charge in [-0.1, -0.05) is 48.0 Å². The lowest BCUT2D eigenvalue weighted by molar-refractivity contribution is 0.102. The second kappa shape index (κ2) is 5.85. The van der Waals surface area contributed by atoms with Gasteiger partial charge in [0, 0.05) is 24.4 Å². The van der Waals surface area contributed by atoms with Gasteiger partial charge in [0.1, 0.15) is 5.82 Å². The van der Waals surface area contributed by atoms with Crippen LogP contribution in [0, 0.1) is 6.92 Å². The van der Waals surface area contributed by atoms with Crippen molar-refractivity contribution < 1.29 is 4.79 Å². The third-order valence-electron chi connectivity index (χ3n) is 3.46. The number of amides is 1. The van der Waals surface area contributed by atoms with Crippen molar-refractivity contribution in [1.82, 2.24) is 9.55 Å². The maximum Gasteiger partial charge on any atom is 0.256 e. The average molecular weight is 291 g/mol. The molecule has 0 aliphatic heterocycles. The predicted octanol–water partition coefficient (Wildman–Crippen LogP) is 3.65. The van der Waals surface area contributed by atoms with Crippen LogP contribution in [-0.4, -0.2) is 15.5 Å². The zero-order valence-corrected chi connectivity index (χ0v) is 12.6. The first-order chi connectivity index (χ1) is 10.6. The van der Waals surface area contributed by atoms with E-state index in [4.69, 9.17) is 0 Å². The van der Waals surface area contributed by atoms with E-state index in [0.717, 1.165) is 11.4 Å². The van der Waals surface area contributed by atoms with Crippen molar-refractivity contribution in [3.8, 4) is 11.4 Å². The van der Waals surface area contributed by atoms with Gasteiger partial charge in [-0.05, 0) is 19.1 Å². The molecular weight excluding hydrogens is 274 g/mol. The van der Waals surface area contributed by atoms with Crippen molar-refractivity contribution in [2.75, 3.05) is 5.32 Å². The molecule has 0 bridgehead atoms. The van der Waals surface area contributed by atoms with E-state index in [1.807, 2.05) is 67.2 Å². The highest BCUT2D eigenvalue weighted by atomic mass is 16.1. The monoisotopic (exact) mass is 291 g/mol. The highest BCUT2D eigenvalue weighted by molar-refractivity contribution is 6.03. The van der Waals surface area contributed by atoms with Crippen LogP contribution in [0.2, 0.25) is 0 Å². The SMILES string of the molecule is Cc1ccc(-c2nc(NC(=O)c3ccccc3)cn2C)cc1. The maximum atomic E-state index is 12.2. The van der Waals surface area contributed by atoms with E-state index < -0.39 is 0 Å². The molecule has 0 atom stereocenters. The number of rotatable bonds is 3. The lowest BCUT2D eigenvalue weighted by atomic mass is 10.1. The van der Waals surface area contributed by atoms with Gasteiger partial charge < -0.3 is 9.88 Å². The van der Waals surface area contributed by atoms with Crippen LogP contribution in [0.1, 0.15) is 15.9 Å². The number of aryl methyl sites for hydroxylation is 2. The molecule has 0 unspecified atom stereocenters. The molecule has 1 N–H and O–H groups in total. The smallest absolute Gasteiger partial charge is 0.256 e. The van der Waals surface area contributed by atoms with Crippen molar-refractivity contribution in [2.24, 2.45) is 7.05 Å². The molecule has 0 saturated heterocycles. The van der Waals surface area contributed by atoms with Crippen molar-refractivity contribution in [2.45, 2.75) is 6.92 Å². The summed E-state index contributed by atoms with van der Waals surface area (Å²) >= 11 is 0. The zero-order chi connectivity index (χ0) is 15.5. The number of carbonyl (C=O) groups excluding carboxylic acids is 1. The van der Waals surface area contributed by atoms with Gasteiger partial charge in [-0.15, -0.1) is 0 Å². The average Bonchev–Trinajstić information content (AvgIpc) is 2.89. The molecule has 3 rings (SSSR count). The number of imidazole rings is 1. The Hall–Kier alpha value is -2.88. The summed E-state index contributed by atoms with van der Waals surface area (Å²) in [5, 5.41) is 2.83. The summed E-state index contributed by atoms with van der Waals surface area (Å²) in [5.41, 5.74) is 2.84. The minimum atomic E-state index is -0.158. The fraction of sp³-hybridized carbons (Fsp3) is 0.111. The van der Waals surface area contributed by atoms with Gasteiger partial charge in [-0.25, -0.2) is 4.98 Å². The highest BCUT2D eigenvalue weighted by Crippen LogP contribution is 2.21. The van der Waals surface area contributed by atoms with Crippen molar-refractivity contribution in [3.63, 3.8) is 0 Å². The molecule has 1 heterocycles. The molecule has 0 spiro atoms. The van der Waals surface area contributed by atoms with E-state index in [1.165, 1.54) is 5.56 Å². The van der Waals surface area contributed by atoms with Crippen LogP contribution < -0.4 is 5.32 Å². The summed E-state index contributed by atoms with van der Waals surface area (Å²) in [6.07, 6.45) is 1.82. The number of hydrogen-bond donors (Lipinski definition) is 1. The molecular formula is C18H17N3O. The molecule has 0 aliphatic rings. The summed E-state index contributed by atoms with van der Waals surface area (Å²) in [7, 11) is 1.92. The molecule has 22 heavy (non-hydrogen) atoms. The van der Waals surface area contributed by atoms with E-state index in [0.29, 0.717) is 11.4 Å². The van der Waals surface area contributed by atoms with Gasteiger partial charge in [0.15, 0.2) is 5.82 Å². The molecule has 4 nitrogen and oxygen atoms in total. The minimum Gasteiger partial charge on any atom is -0.332 e. The molecule has 0 saturated carbocycles. The van der Waals surface area contributed by atoms with Crippen molar-refractivity contribution >= 4 is 11.7 Å². The van der Waals surface area contributed by atoms with Crippen LogP contribution in [0.4, 0.5) is 5.82 Å². The van der Waals surface area contributed by atoms with Gasteiger partial charge in [-0.3, -0.25) is 4.79 Å². The topological polar surface area (TPSA) is 46.9 Å². The first-order valence-electron chi connectivity index (χ1n) is 7.10. The summed E-state index contributed by atoms with van der Waals surface area (Å²) in [4.78, 5) is 16.7. The molecule has 1 amide bonds. The molecule has 0 fully saturated rings. The standard InChI is InChI=1S/C18H17N3O/c1-13-8-10-14(11-9-13)17-19-16(12-21(17)2)20-18(22)15-6-4-3-5-7-15/h3-12H,1-2H3,(H,20,22). The number of anilines is 1. The highest BCUT2D eigenvalue weighted by Gasteiger charge is 2.11. The molecule has 0 aliphatic carbocycles. The summed E-state index contributed by atoms with van der Waals surface area (Å²) in [6, 6.07) is 17.3. The first kappa shape index (κ1) is 14.1. The normalized spacial score (nSPS) is 10.5. The number of nitrogens with zero attached hydrogens (tertiary/aromatic N) is 2. The van der Waals surface area contributed by atoms with Gasteiger partial charge in [0.25, 0.3) is 5.91 Å². The maximum absolute atomic E-state index is 12.2. The molecule has 0 radical (unpaired) electrons. The molecule has 110 valence electrons. The summed E-state index contributed by atoms with van der Waals surface area (Å²) in [6.45, 7) is 2.05. The van der Waals surface area contributed by atoms with Gasteiger partial charge in [0.05, 0.1) is 0 Å². The van der Waals surface area contributed by atoms with Crippen LogP contribution in [0.3, 0.4) is 0 Å². The Balaban J connectivity index is 1.83. The Bertz CT molecular complexity index is 789. The number of carbonyl (C=O) groups is 1. The summed E-state index contributed by atoms with van der Waals surface area (Å²) in [5.74, 6) is 1.21.